The van der Waals surface area contributed by atoms with Gasteiger partial charge in [0.15, 0.2) is 5.65 Å². The average molecular weight is 367 g/mol. The number of methoxy groups -OCH3 is 1. The second-order valence-electron chi connectivity index (χ2n) is 6.11. The number of amidine groups is 1. The maximum Gasteiger partial charge on any atom is 0.334 e. The Labute approximate surface area is 155 Å². The first kappa shape index (κ1) is 18.4. The van der Waals surface area contributed by atoms with Gasteiger partial charge in [0, 0.05) is 24.7 Å². The number of ether oxygens (including phenoxy) is 1. The number of rotatable bonds is 7. The van der Waals surface area contributed by atoms with Crippen LogP contribution in [0.5, 0.6) is 0 Å². The molecule has 0 fully saturated rings. The molecule has 0 atom stereocenters. The van der Waals surface area contributed by atoms with Crippen molar-refractivity contribution in [2.75, 3.05) is 7.11 Å². The molecular weight excluding hydrogens is 346 g/mol. The average Bonchev–Trinajstić information content (AvgIpc) is 2.96. The molecule has 8 heteroatoms. The minimum Gasteiger partial charge on any atom is -0.469 e. The normalized spacial score (nSPS) is 10.9. The van der Waals surface area contributed by atoms with Gasteiger partial charge in [0.2, 0.25) is 0 Å². The van der Waals surface area contributed by atoms with Crippen molar-refractivity contribution in [3.8, 4) is 5.69 Å². The lowest BCUT2D eigenvalue weighted by Crippen LogP contribution is -2.23. The summed E-state index contributed by atoms with van der Waals surface area (Å²) in [5.41, 5.74) is 7.83. The van der Waals surface area contributed by atoms with Crippen LogP contribution in [-0.2, 0) is 16.1 Å². The summed E-state index contributed by atoms with van der Waals surface area (Å²) in [5, 5.41) is 7.49. The number of benzene rings is 1. The Hall–Kier alpha value is -3.42. The number of aromatic nitrogens is 3. The summed E-state index contributed by atoms with van der Waals surface area (Å²) in [6.07, 6.45) is 3.28. The molecular formula is C19H21N5O3. The first-order chi connectivity index (χ1) is 13.0. The predicted molar refractivity (Wildman–Crippen MR) is 102 cm³/mol. The van der Waals surface area contributed by atoms with Crippen molar-refractivity contribution in [3.63, 3.8) is 0 Å². The van der Waals surface area contributed by atoms with Gasteiger partial charge in [-0.1, -0.05) is 0 Å². The lowest BCUT2D eigenvalue weighted by molar-refractivity contribution is -0.140. The summed E-state index contributed by atoms with van der Waals surface area (Å²) >= 11 is 0. The number of nitrogens with two attached hydrogens (primary N) is 1. The zero-order valence-electron chi connectivity index (χ0n) is 15.0. The molecule has 0 bridgehead atoms. The van der Waals surface area contributed by atoms with Gasteiger partial charge in [0.25, 0.3) is 0 Å². The van der Waals surface area contributed by atoms with Crippen LogP contribution in [0.4, 0.5) is 0 Å². The van der Waals surface area contributed by atoms with Gasteiger partial charge in [-0.15, -0.1) is 0 Å². The molecule has 3 aromatic rings. The van der Waals surface area contributed by atoms with E-state index in [4.69, 9.17) is 11.1 Å². The molecule has 3 rings (SSSR count). The standard InChI is InChI=1S/C19H21N5O3/c1-27-16(25)6-2-3-12-23-15-5-4-11-22-18(15)24(19(23)26)14-9-7-13(8-10-14)17(20)21/h4-5,7-11H,2-3,6,12H2,1H3,(H3,20,21). The van der Waals surface area contributed by atoms with E-state index >= 15 is 0 Å². The Morgan fingerprint density at radius 3 is 2.63 bits per heavy atom. The van der Waals surface area contributed by atoms with Gasteiger partial charge in [0.1, 0.15) is 5.84 Å². The van der Waals surface area contributed by atoms with E-state index in [9.17, 15) is 9.59 Å². The first-order valence-electron chi connectivity index (χ1n) is 8.61. The van der Waals surface area contributed by atoms with Crippen LogP contribution in [0.3, 0.4) is 0 Å². The summed E-state index contributed by atoms with van der Waals surface area (Å²) in [5.74, 6) is -0.281. The van der Waals surface area contributed by atoms with Crippen LogP contribution in [0.2, 0.25) is 0 Å². The largest absolute Gasteiger partial charge is 0.469 e. The fraction of sp³-hybridized carbons (Fsp3) is 0.263. The van der Waals surface area contributed by atoms with Gasteiger partial charge in [-0.3, -0.25) is 14.8 Å². The SMILES string of the molecule is COC(=O)CCCCn1c(=O)n(-c2ccc(C(=N)N)cc2)c2ncccc21. The molecule has 0 saturated carbocycles. The lowest BCUT2D eigenvalue weighted by Gasteiger charge is -2.04. The number of nitrogens with zero attached hydrogens (tertiary/aromatic N) is 3. The number of pyridine rings is 1. The van der Waals surface area contributed by atoms with E-state index in [0.29, 0.717) is 42.7 Å². The van der Waals surface area contributed by atoms with Crippen LogP contribution in [0.25, 0.3) is 16.9 Å². The summed E-state index contributed by atoms with van der Waals surface area (Å²) in [7, 11) is 1.36. The Kier molecular flexibility index (Phi) is 5.35. The van der Waals surface area contributed by atoms with Gasteiger partial charge in [-0.25, -0.2) is 14.3 Å². The number of nitrogen functional groups attached to an aromatic ring is 1. The summed E-state index contributed by atoms with van der Waals surface area (Å²) in [6.45, 7) is 0.483. The topological polar surface area (TPSA) is 116 Å². The maximum absolute atomic E-state index is 13.0. The molecule has 0 aliphatic rings. The molecule has 0 saturated heterocycles. The molecule has 0 radical (unpaired) electrons. The summed E-state index contributed by atoms with van der Waals surface area (Å²) < 4.78 is 7.85. The highest BCUT2D eigenvalue weighted by Crippen LogP contribution is 2.17. The number of fused-ring (bicyclic) bond motifs is 1. The Morgan fingerprint density at radius 2 is 1.96 bits per heavy atom. The molecule has 2 heterocycles. The smallest absolute Gasteiger partial charge is 0.334 e. The van der Waals surface area contributed by atoms with Crippen molar-refractivity contribution in [1.29, 1.82) is 5.41 Å². The van der Waals surface area contributed by atoms with Crippen LogP contribution < -0.4 is 11.4 Å². The number of hydrogen-bond acceptors (Lipinski definition) is 5. The van der Waals surface area contributed by atoms with Crippen LogP contribution in [0, 0.1) is 5.41 Å². The quantitative estimate of drug-likeness (QED) is 0.286. The summed E-state index contributed by atoms with van der Waals surface area (Å²) in [6, 6.07) is 10.5. The lowest BCUT2D eigenvalue weighted by atomic mass is 10.2. The molecule has 2 aromatic heterocycles. The molecule has 0 aliphatic carbocycles. The predicted octanol–water partition coefficient (Wildman–Crippen LogP) is 1.81. The molecule has 0 spiro atoms. The number of hydrogen-bond donors (Lipinski definition) is 2. The van der Waals surface area contributed by atoms with Crippen LogP contribution in [-0.4, -0.2) is 33.0 Å². The number of aryl methyl sites for hydroxylation is 1. The molecule has 140 valence electrons. The first-order valence-corrected chi connectivity index (χ1v) is 8.61. The van der Waals surface area contributed by atoms with Crippen molar-refractivity contribution in [2.24, 2.45) is 5.73 Å². The number of nitrogens with one attached hydrogen (secondary N) is 1. The number of carbonyl (C=O) groups is 1. The molecule has 3 N–H and O–H groups in total. The monoisotopic (exact) mass is 367 g/mol. The van der Waals surface area contributed by atoms with Crippen molar-refractivity contribution in [2.45, 2.75) is 25.8 Å². The van der Waals surface area contributed by atoms with E-state index < -0.39 is 0 Å². The molecule has 8 nitrogen and oxygen atoms in total. The third kappa shape index (κ3) is 3.74. The van der Waals surface area contributed by atoms with Crippen LogP contribution >= 0.6 is 0 Å². The van der Waals surface area contributed by atoms with Crippen molar-refractivity contribution >= 4 is 23.0 Å². The van der Waals surface area contributed by atoms with Gasteiger partial charge in [-0.05, 0) is 49.2 Å². The fourth-order valence-corrected chi connectivity index (χ4v) is 2.97. The minimum atomic E-state index is -0.253. The van der Waals surface area contributed by atoms with Gasteiger partial charge in [0.05, 0.1) is 18.3 Å². The number of unbranched alkanes of at least 4 members (excludes halogenated alkanes) is 1. The van der Waals surface area contributed by atoms with Crippen LogP contribution in [0.15, 0.2) is 47.4 Å². The van der Waals surface area contributed by atoms with E-state index in [1.807, 2.05) is 6.07 Å². The highest BCUT2D eigenvalue weighted by Gasteiger charge is 2.15. The minimum absolute atomic E-state index is 0.0277. The van der Waals surface area contributed by atoms with E-state index in [-0.39, 0.29) is 17.5 Å². The highest BCUT2D eigenvalue weighted by molar-refractivity contribution is 5.95. The van der Waals surface area contributed by atoms with Crippen molar-refractivity contribution in [1.82, 2.24) is 14.1 Å². The van der Waals surface area contributed by atoms with Gasteiger partial charge >= 0.3 is 11.7 Å². The van der Waals surface area contributed by atoms with Gasteiger partial charge in [-0.2, -0.15) is 0 Å². The number of imidazole rings is 1. The zero-order chi connectivity index (χ0) is 19.4. The van der Waals surface area contributed by atoms with Crippen molar-refractivity contribution < 1.29 is 9.53 Å². The third-order valence-electron chi connectivity index (χ3n) is 4.37. The van der Waals surface area contributed by atoms with E-state index in [1.165, 1.54) is 7.11 Å². The van der Waals surface area contributed by atoms with E-state index in [0.717, 1.165) is 5.52 Å². The molecule has 27 heavy (non-hydrogen) atoms. The van der Waals surface area contributed by atoms with Crippen LogP contribution in [0.1, 0.15) is 24.8 Å². The Balaban J connectivity index is 1.94. The number of esters is 1. The Bertz CT molecular complexity index is 1030. The van der Waals surface area contributed by atoms with Gasteiger partial charge < -0.3 is 10.5 Å². The fourth-order valence-electron chi connectivity index (χ4n) is 2.97. The van der Waals surface area contributed by atoms with E-state index in [1.54, 1.807) is 45.7 Å². The third-order valence-corrected chi connectivity index (χ3v) is 4.37. The highest BCUT2D eigenvalue weighted by atomic mass is 16.5. The number of carbonyl (C=O) groups excluding carboxylic acids is 1. The second-order valence-corrected chi connectivity index (χ2v) is 6.11. The molecule has 0 aliphatic heterocycles. The molecule has 0 unspecified atom stereocenters. The Morgan fingerprint density at radius 1 is 1.22 bits per heavy atom. The zero-order valence-corrected chi connectivity index (χ0v) is 15.0. The second kappa shape index (κ2) is 7.86. The maximum atomic E-state index is 13.0. The summed E-state index contributed by atoms with van der Waals surface area (Å²) in [4.78, 5) is 28.6. The van der Waals surface area contributed by atoms with E-state index in [2.05, 4.69) is 9.72 Å². The molecule has 0 amide bonds. The molecule has 1 aromatic carbocycles. The van der Waals surface area contributed by atoms with Crippen molar-refractivity contribution in [3.05, 3.63) is 58.6 Å².